The van der Waals surface area contributed by atoms with Crippen molar-refractivity contribution in [1.82, 2.24) is 9.88 Å². The summed E-state index contributed by atoms with van der Waals surface area (Å²) in [7, 11) is 2.05. The molecule has 1 aromatic carbocycles. The molecule has 3 aromatic rings. The van der Waals surface area contributed by atoms with Gasteiger partial charge in [-0.15, -0.1) is 11.3 Å². The van der Waals surface area contributed by atoms with E-state index < -0.39 is 0 Å². The lowest BCUT2D eigenvalue weighted by Gasteiger charge is -2.27. The molecule has 0 aliphatic rings. The lowest BCUT2D eigenvalue weighted by Crippen LogP contribution is -2.40. The van der Waals surface area contributed by atoms with Gasteiger partial charge in [-0.1, -0.05) is 24.3 Å². The van der Waals surface area contributed by atoms with Crippen LogP contribution >= 0.6 is 11.3 Å². The molecule has 0 aliphatic heterocycles. The molecule has 1 atom stereocenters. The first-order valence-corrected chi connectivity index (χ1v) is 9.26. The topological polar surface area (TPSA) is 37.3 Å². The third-order valence-electron chi connectivity index (χ3n) is 4.35. The molecule has 1 N–H and O–H groups in total. The Morgan fingerprint density at radius 2 is 1.96 bits per heavy atom. The molecular weight excluding hydrogens is 330 g/mol. The lowest BCUT2D eigenvalue weighted by atomic mass is 10.2. The highest BCUT2D eigenvalue weighted by Crippen LogP contribution is 2.15. The third kappa shape index (κ3) is 4.31. The number of carbonyl (C=O) groups excluding carboxylic acids is 1. The Kier molecular flexibility index (Phi) is 5.56. The average Bonchev–Trinajstić information content (AvgIpc) is 3.32. The van der Waals surface area contributed by atoms with Gasteiger partial charge in [0.2, 0.25) is 0 Å². The SMILES string of the molecule is CC(CNC(=O)c1cccn1Cc1cccs1)N(C)c1ccccc1. The normalized spacial score (nSPS) is 11.9. The first kappa shape index (κ1) is 17.3. The van der Waals surface area contributed by atoms with Gasteiger partial charge >= 0.3 is 0 Å². The minimum absolute atomic E-state index is 0.0325. The Balaban J connectivity index is 1.59. The van der Waals surface area contributed by atoms with Crippen LogP contribution in [0.4, 0.5) is 5.69 Å². The monoisotopic (exact) mass is 353 g/mol. The van der Waals surface area contributed by atoms with E-state index in [4.69, 9.17) is 0 Å². The summed E-state index contributed by atoms with van der Waals surface area (Å²) in [6, 6.07) is 18.3. The Morgan fingerprint density at radius 3 is 2.68 bits per heavy atom. The summed E-state index contributed by atoms with van der Waals surface area (Å²) >= 11 is 1.70. The highest BCUT2D eigenvalue weighted by atomic mass is 32.1. The standard InChI is InChI=1S/C20H23N3OS/c1-16(22(2)17-8-4-3-5-9-17)14-21-20(24)19-11-6-12-23(19)15-18-10-7-13-25-18/h3-13,16H,14-15H2,1-2H3,(H,21,24). The van der Waals surface area contributed by atoms with E-state index in [1.165, 1.54) is 4.88 Å². The molecule has 0 radical (unpaired) electrons. The fraction of sp³-hybridized carbons (Fsp3) is 0.250. The Labute approximate surface area is 152 Å². The molecule has 0 aliphatic carbocycles. The molecule has 5 heteroatoms. The number of para-hydroxylation sites is 1. The van der Waals surface area contributed by atoms with Crippen molar-refractivity contribution in [2.75, 3.05) is 18.5 Å². The Morgan fingerprint density at radius 1 is 1.16 bits per heavy atom. The van der Waals surface area contributed by atoms with Crippen LogP contribution in [0.2, 0.25) is 0 Å². The molecule has 0 saturated carbocycles. The number of aromatic nitrogens is 1. The summed E-state index contributed by atoms with van der Waals surface area (Å²) in [6.45, 7) is 3.43. The average molecular weight is 353 g/mol. The third-order valence-corrected chi connectivity index (χ3v) is 5.21. The van der Waals surface area contributed by atoms with E-state index in [9.17, 15) is 4.79 Å². The van der Waals surface area contributed by atoms with E-state index in [0.29, 0.717) is 12.2 Å². The maximum atomic E-state index is 12.6. The molecule has 2 aromatic heterocycles. The lowest BCUT2D eigenvalue weighted by molar-refractivity contribution is 0.0943. The number of nitrogens with one attached hydrogen (secondary N) is 1. The number of hydrogen-bond acceptors (Lipinski definition) is 3. The van der Waals surface area contributed by atoms with Crippen LogP contribution in [0.1, 0.15) is 22.3 Å². The fourth-order valence-corrected chi connectivity index (χ4v) is 3.42. The molecular formula is C20H23N3OS. The highest BCUT2D eigenvalue weighted by molar-refractivity contribution is 7.09. The molecule has 0 fully saturated rings. The van der Waals surface area contributed by atoms with Gasteiger partial charge in [-0.25, -0.2) is 0 Å². The summed E-state index contributed by atoms with van der Waals surface area (Å²) in [5.41, 5.74) is 1.84. The van der Waals surface area contributed by atoms with Crippen molar-refractivity contribution in [2.45, 2.75) is 19.5 Å². The van der Waals surface area contributed by atoms with E-state index >= 15 is 0 Å². The second kappa shape index (κ2) is 8.03. The maximum absolute atomic E-state index is 12.6. The van der Waals surface area contributed by atoms with E-state index in [2.05, 4.69) is 40.7 Å². The van der Waals surface area contributed by atoms with Crippen molar-refractivity contribution in [3.05, 3.63) is 76.7 Å². The van der Waals surface area contributed by atoms with Gasteiger partial charge in [0.15, 0.2) is 0 Å². The van der Waals surface area contributed by atoms with Crippen molar-refractivity contribution >= 4 is 22.9 Å². The number of benzene rings is 1. The van der Waals surface area contributed by atoms with Crippen molar-refractivity contribution in [3.8, 4) is 0 Å². The summed E-state index contributed by atoms with van der Waals surface area (Å²) in [5.74, 6) is -0.0325. The van der Waals surface area contributed by atoms with Gasteiger partial charge in [0.25, 0.3) is 5.91 Å². The Hall–Kier alpha value is -2.53. The van der Waals surface area contributed by atoms with Crippen LogP contribution in [0, 0.1) is 0 Å². The second-order valence-electron chi connectivity index (χ2n) is 6.11. The van der Waals surface area contributed by atoms with E-state index in [1.54, 1.807) is 11.3 Å². The van der Waals surface area contributed by atoms with E-state index in [-0.39, 0.29) is 11.9 Å². The smallest absolute Gasteiger partial charge is 0.267 e. The minimum Gasteiger partial charge on any atom is -0.370 e. The van der Waals surface area contributed by atoms with Crippen molar-refractivity contribution in [1.29, 1.82) is 0 Å². The van der Waals surface area contributed by atoms with Crippen LogP contribution in [0.25, 0.3) is 0 Å². The van der Waals surface area contributed by atoms with Crippen LogP contribution in [0.3, 0.4) is 0 Å². The van der Waals surface area contributed by atoms with Gasteiger partial charge in [0.1, 0.15) is 5.69 Å². The highest BCUT2D eigenvalue weighted by Gasteiger charge is 2.14. The number of nitrogens with zero attached hydrogens (tertiary/aromatic N) is 2. The number of likely N-dealkylation sites (N-methyl/N-ethyl adjacent to an activating group) is 1. The van der Waals surface area contributed by atoms with Crippen LogP contribution < -0.4 is 10.2 Å². The van der Waals surface area contributed by atoms with Gasteiger partial charge in [-0.05, 0) is 42.6 Å². The maximum Gasteiger partial charge on any atom is 0.267 e. The summed E-state index contributed by atoms with van der Waals surface area (Å²) in [5, 5.41) is 5.11. The molecule has 1 amide bonds. The predicted octanol–water partition coefficient (Wildman–Crippen LogP) is 3.85. The van der Waals surface area contributed by atoms with Crippen molar-refractivity contribution in [3.63, 3.8) is 0 Å². The molecule has 130 valence electrons. The first-order chi connectivity index (χ1) is 12.1. The molecule has 2 heterocycles. The molecule has 4 nitrogen and oxygen atoms in total. The van der Waals surface area contributed by atoms with E-state index in [1.807, 2.05) is 54.2 Å². The van der Waals surface area contributed by atoms with Crippen molar-refractivity contribution < 1.29 is 4.79 Å². The largest absolute Gasteiger partial charge is 0.370 e. The van der Waals surface area contributed by atoms with Crippen molar-refractivity contribution in [2.24, 2.45) is 0 Å². The van der Waals surface area contributed by atoms with Gasteiger partial charge in [0.05, 0.1) is 6.54 Å². The zero-order chi connectivity index (χ0) is 17.6. The summed E-state index contributed by atoms with van der Waals surface area (Å²) in [4.78, 5) is 16.0. The predicted molar refractivity (Wildman–Crippen MR) is 104 cm³/mol. The van der Waals surface area contributed by atoms with E-state index in [0.717, 1.165) is 12.2 Å². The number of amides is 1. The number of hydrogen-bond donors (Lipinski definition) is 1. The molecule has 0 saturated heterocycles. The van der Waals surface area contributed by atoms with Crippen LogP contribution in [-0.2, 0) is 6.54 Å². The Bertz CT molecular complexity index is 795. The van der Waals surface area contributed by atoms with Gasteiger partial charge in [-0.3, -0.25) is 4.79 Å². The van der Waals surface area contributed by atoms with Crippen LogP contribution in [0.5, 0.6) is 0 Å². The molecule has 0 bridgehead atoms. The molecule has 0 spiro atoms. The van der Waals surface area contributed by atoms with Crippen LogP contribution in [-0.4, -0.2) is 30.1 Å². The van der Waals surface area contributed by atoms with Crippen LogP contribution in [0.15, 0.2) is 66.2 Å². The zero-order valence-corrected chi connectivity index (χ0v) is 15.4. The zero-order valence-electron chi connectivity index (χ0n) is 14.6. The number of carbonyl (C=O) groups is 1. The fourth-order valence-electron chi connectivity index (χ4n) is 2.71. The van der Waals surface area contributed by atoms with Gasteiger partial charge in [0, 0.05) is 36.4 Å². The molecule has 25 heavy (non-hydrogen) atoms. The molecule has 1 unspecified atom stereocenters. The first-order valence-electron chi connectivity index (χ1n) is 8.39. The number of rotatable bonds is 7. The minimum atomic E-state index is -0.0325. The summed E-state index contributed by atoms with van der Waals surface area (Å²) < 4.78 is 1.99. The summed E-state index contributed by atoms with van der Waals surface area (Å²) in [6.07, 6.45) is 1.95. The number of thiophene rings is 1. The number of anilines is 1. The van der Waals surface area contributed by atoms with Gasteiger partial charge in [-0.2, -0.15) is 0 Å². The quantitative estimate of drug-likeness (QED) is 0.700. The molecule has 3 rings (SSSR count). The van der Waals surface area contributed by atoms with Gasteiger partial charge < -0.3 is 14.8 Å². The second-order valence-corrected chi connectivity index (χ2v) is 7.14.